The topological polar surface area (TPSA) is 74.0 Å². The lowest BCUT2D eigenvalue weighted by molar-refractivity contribution is 0.101. The lowest BCUT2D eigenvalue weighted by Crippen LogP contribution is -2.40. The third-order valence-electron chi connectivity index (χ3n) is 3.07. The summed E-state index contributed by atoms with van der Waals surface area (Å²) in [5, 5.41) is 0. The first-order valence-electron chi connectivity index (χ1n) is 6.22. The SMILES string of the molecule is CC(=O)c1cn(CCc2ccccn2)c(=O)n(C)c1=O. The zero-order chi connectivity index (χ0) is 14.7. The molecule has 0 saturated carbocycles. The van der Waals surface area contributed by atoms with Crippen LogP contribution in [0.1, 0.15) is 23.0 Å². The summed E-state index contributed by atoms with van der Waals surface area (Å²) in [5.41, 5.74) is -0.127. The Morgan fingerprint density at radius 3 is 2.65 bits per heavy atom. The predicted octanol–water partition coefficient (Wildman–Crippen LogP) is 0.387. The first-order valence-corrected chi connectivity index (χ1v) is 6.22. The van der Waals surface area contributed by atoms with Gasteiger partial charge in [-0.15, -0.1) is 0 Å². The zero-order valence-electron chi connectivity index (χ0n) is 11.4. The summed E-state index contributed by atoms with van der Waals surface area (Å²) in [5.74, 6) is -0.350. The number of carbonyl (C=O) groups is 1. The zero-order valence-corrected chi connectivity index (χ0v) is 11.4. The average molecular weight is 273 g/mol. The van der Waals surface area contributed by atoms with E-state index in [-0.39, 0.29) is 11.3 Å². The van der Waals surface area contributed by atoms with E-state index in [4.69, 9.17) is 0 Å². The van der Waals surface area contributed by atoms with E-state index in [0.29, 0.717) is 13.0 Å². The summed E-state index contributed by atoms with van der Waals surface area (Å²) in [6, 6.07) is 5.54. The molecule has 0 unspecified atom stereocenters. The summed E-state index contributed by atoms with van der Waals surface area (Å²) < 4.78 is 2.32. The Morgan fingerprint density at radius 1 is 1.30 bits per heavy atom. The van der Waals surface area contributed by atoms with Crippen molar-refractivity contribution in [1.29, 1.82) is 0 Å². The molecule has 2 aromatic heterocycles. The summed E-state index contributed by atoms with van der Waals surface area (Å²) in [4.78, 5) is 39.3. The molecule has 0 N–H and O–H groups in total. The minimum Gasteiger partial charge on any atom is -0.299 e. The van der Waals surface area contributed by atoms with Gasteiger partial charge in [-0.1, -0.05) is 6.07 Å². The molecule has 0 aliphatic rings. The van der Waals surface area contributed by atoms with E-state index in [2.05, 4.69) is 4.98 Å². The molecule has 0 aliphatic heterocycles. The molecule has 2 aromatic rings. The van der Waals surface area contributed by atoms with Gasteiger partial charge < -0.3 is 0 Å². The fourth-order valence-corrected chi connectivity index (χ4v) is 1.91. The molecule has 6 heteroatoms. The van der Waals surface area contributed by atoms with Gasteiger partial charge in [-0.05, 0) is 19.1 Å². The van der Waals surface area contributed by atoms with Gasteiger partial charge in [0.05, 0.1) is 5.56 Å². The molecular formula is C14H15N3O3. The molecular weight excluding hydrogens is 258 g/mol. The standard InChI is InChI=1S/C14H15N3O3/c1-10(18)12-9-17(14(20)16(2)13(12)19)8-6-11-5-3-4-7-15-11/h3-5,7,9H,6,8H2,1-2H3. The highest BCUT2D eigenvalue weighted by Crippen LogP contribution is 1.98. The number of rotatable bonds is 4. The van der Waals surface area contributed by atoms with E-state index in [1.165, 1.54) is 24.7 Å². The van der Waals surface area contributed by atoms with Gasteiger partial charge in [0, 0.05) is 38.1 Å². The molecule has 0 amide bonds. The van der Waals surface area contributed by atoms with Crippen molar-refractivity contribution in [1.82, 2.24) is 14.1 Å². The van der Waals surface area contributed by atoms with E-state index in [1.807, 2.05) is 18.2 Å². The lowest BCUT2D eigenvalue weighted by Gasteiger charge is -2.09. The van der Waals surface area contributed by atoms with Crippen molar-refractivity contribution in [2.24, 2.45) is 7.05 Å². The molecule has 0 fully saturated rings. The van der Waals surface area contributed by atoms with Gasteiger partial charge in [0.25, 0.3) is 5.56 Å². The maximum atomic E-state index is 12.0. The van der Waals surface area contributed by atoms with Gasteiger partial charge in [-0.2, -0.15) is 0 Å². The lowest BCUT2D eigenvalue weighted by atomic mass is 10.2. The quantitative estimate of drug-likeness (QED) is 0.755. The number of hydrogen-bond donors (Lipinski definition) is 0. The number of hydrogen-bond acceptors (Lipinski definition) is 4. The maximum Gasteiger partial charge on any atom is 0.330 e. The highest BCUT2D eigenvalue weighted by molar-refractivity contribution is 5.93. The Hall–Kier alpha value is -2.50. The number of nitrogens with zero attached hydrogens (tertiary/aromatic N) is 3. The number of aryl methyl sites for hydroxylation is 2. The van der Waals surface area contributed by atoms with Crippen LogP contribution < -0.4 is 11.2 Å². The smallest absolute Gasteiger partial charge is 0.299 e. The van der Waals surface area contributed by atoms with Crippen molar-refractivity contribution >= 4 is 5.78 Å². The van der Waals surface area contributed by atoms with Crippen LogP contribution in [0.25, 0.3) is 0 Å². The number of pyridine rings is 1. The molecule has 2 rings (SSSR count). The molecule has 0 atom stereocenters. The molecule has 20 heavy (non-hydrogen) atoms. The Bertz CT molecular complexity index is 744. The first-order chi connectivity index (χ1) is 9.50. The number of ketones is 1. The molecule has 0 aromatic carbocycles. The number of aromatic nitrogens is 3. The Kier molecular flexibility index (Phi) is 3.93. The average Bonchev–Trinajstić information content (AvgIpc) is 2.45. The van der Waals surface area contributed by atoms with Crippen LogP contribution in [-0.2, 0) is 20.0 Å². The third kappa shape index (κ3) is 2.74. The monoisotopic (exact) mass is 273 g/mol. The molecule has 0 radical (unpaired) electrons. The normalized spacial score (nSPS) is 10.5. The van der Waals surface area contributed by atoms with Crippen LogP contribution in [0, 0.1) is 0 Å². The molecule has 0 saturated heterocycles. The summed E-state index contributed by atoms with van der Waals surface area (Å²) in [7, 11) is 1.37. The highest BCUT2D eigenvalue weighted by atomic mass is 16.2. The van der Waals surface area contributed by atoms with E-state index in [1.54, 1.807) is 6.20 Å². The number of Topliss-reactive ketones (excluding diaryl/α,β-unsaturated/α-hetero) is 1. The van der Waals surface area contributed by atoms with E-state index >= 15 is 0 Å². The van der Waals surface area contributed by atoms with E-state index < -0.39 is 11.2 Å². The summed E-state index contributed by atoms with van der Waals surface area (Å²) >= 11 is 0. The Morgan fingerprint density at radius 2 is 2.05 bits per heavy atom. The predicted molar refractivity (Wildman–Crippen MR) is 73.9 cm³/mol. The van der Waals surface area contributed by atoms with Crippen molar-refractivity contribution < 1.29 is 4.79 Å². The van der Waals surface area contributed by atoms with Gasteiger partial charge in [-0.25, -0.2) is 4.79 Å². The molecule has 6 nitrogen and oxygen atoms in total. The fraction of sp³-hybridized carbons (Fsp3) is 0.286. The molecule has 0 spiro atoms. The van der Waals surface area contributed by atoms with Gasteiger partial charge in [0.2, 0.25) is 0 Å². The van der Waals surface area contributed by atoms with Crippen molar-refractivity contribution in [2.45, 2.75) is 19.9 Å². The van der Waals surface area contributed by atoms with Crippen molar-refractivity contribution in [3.8, 4) is 0 Å². The molecule has 0 aliphatic carbocycles. The summed E-state index contributed by atoms with van der Waals surface area (Å²) in [6.07, 6.45) is 3.56. The second kappa shape index (κ2) is 5.64. The maximum absolute atomic E-state index is 12.0. The highest BCUT2D eigenvalue weighted by Gasteiger charge is 2.12. The Labute approximate surface area is 115 Å². The second-order valence-electron chi connectivity index (χ2n) is 4.51. The van der Waals surface area contributed by atoms with Crippen LogP contribution in [0.15, 0.2) is 40.2 Å². The van der Waals surface area contributed by atoms with Gasteiger partial charge in [0.1, 0.15) is 0 Å². The van der Waals surface area contributed by atoms with Crippen molar-refractivity contribution in [3.05, 3.63) is 62.7 Å². The first kappa shape index (κ1) is 13.9. The van der Waals surface area contributed by atoms with Gasteiger partial charge in [0.15, 0.2) is 5.78 Å². The third-order valence-corrected chi connectivity index (χ3v) is 3.07. The second-order valence-corrected chi connectivity index (χ2v) is 4.51. The van der Waals surface area contributed by atoms with Crippen molar-refractivity contribution in [3.63, 3.8) is 0 Å². The van der Waals surface area contributed by atoms with Gasteiger partial charge >= 0.3 is 5.69 Å². The van der Waals surface area contributed by atoms with E-state index in [9.17, 15) is 14.4 Å². The van der Waals surface area contributed by atoms with Crippen LogP contribution in [-0.4, -0.2) is 19.9 Å². The van der Waals surface area contributed by atoms with Crippen LogP contribution >= 0.6 is 0 Å². The van der Waals surface area contributed by atoms with Crippen molar-refractivity contribution in [2.75, 3.05) is 0 Å². The largest absolute Gasteiger partial charge is 0.330 e. The van der Waals surface area contributed by atoms with E-state index in [0.717, 1.165) is 10.3 Å². The minimum atomic E-state index is -0.559. The molecule has 2 heterocycles. The fourth-order valence-electron chi connectivity index (χ4n) is 1.91. The van der Waals surface area contributed by atoms with Gasteiger partial charge in [-0.3, -0.25) is 23.7 Å². The molecule has 104 valence electrons. The summed E-state index contributed by atoms with van der Waals surface area (Å²) in [6.45, 7) is 1.68. The Balaban J connectivity index is 2.35. The number of carbonyl (C=O) groups excluding carboxylic acids is 1. The van der Waals surface area contributed by atoms with Crippen LogP contribution in [0.3, 0.4) is 0 Å². The molecule has 0 bridgehead atoms. The van der Waals surface area contributed by atoms with Crippen LogP contribution in [0.5, 0.6) is 0 Å². The van der Waals surface area contributed by atoms with Crippen LogP contribution in [0.4, 0.5) is 0 Å². The minimum absolute atomic E-state index is 0.0214. The van der Waals surface area contributed by atoms with Crippen LogP contribution in [0.2, 0.25) is 0 Å².